The quantitative estimate of drug-likeness (QED) is 0.561. The number of nitrogens with zero attached hydrogens (tertiary/aromatic N) is 2. The molecule has 160 valence electrons. The molecule has 1 aromatic carbocycles. The van der Waals surface area contributed by atoms with E-state index in [1.165, 1.54) is 0 Å². The molecule has 30 heavy (non-hydrogen) atoms. The Labute approximate surface area is 184 Å². The first-order chi connectivity index (χ1) is 13.7. The highest BCUT2D eigenvalue weighted by Crippen LogP contribution is 2.33. The predicted molar refractivity (Wildman–Crippen MR) is 115 cm³/mol. The van der Waals surface area contributed by atoms with Gasteiger partial charge in [-0.25, -0.2) is 14.5 Å². The van der Waals surface area contributed by atoms with Crippen LogP contribution in [-0.4, -0.2) is 40.6 Å². The van der Waals surface area contributed by atoms with Gasteiger partial charge < -0.3 is 9.47 Å². The first-order valence-electron chi connectivity index (χ1n) is 9.41. The SMILES string of the molecule is CC(C)(C)OC(=O)N(CC1=CCC(=O)c2c(C#N)cc(Br)cc21)C(=O)OC(C)(C)C. The van der Waals surface area contributed by atoms with Crippen LogP contribution in [0.4, 0.5) is 9.59 Å². The molecule has 0 atom stereocenters. The molecule has 0 heterocycles. The highest BCUT2D eigenvalue weighted by molar-refractivity contribution is 9.10. The van der Waals surface area contributed by atoms with Crippen molar-refractivity contribution in [3.63, 3.8) is 0 Å². The van der Waals surface area contributed by atoms with Crippen molar-refractivity contribution in [2.45, 2.75) is 59.2 Å². The van der Waals surface area contributed by atoms with Gasteiger partial charge in [-0.15, -0.1) is 0 Å². The van der Waals surface area contributed by atoms with Crippen LogP contribution in [0.2, 0.25) is 0 Å². The first kappa shape index (κ1) is 23.6. The Morgan fingerprint density at radius 3 is 2.10 bits per heavy atom. The Morgan fingerprint density at radius 1 is 1.10 bits per heavy atom. The molecule has 1 aromatic rings. The van der Waals surface area contributed by atoms with Gasteiger partial charge in [-0.05, 0) is 64.8 Å². The van der Waals surface area contributed by atoms with E-state index in [9.17, 15) is 19.6 Å². The minimum atomic E-state index is -0.855. The van der Waals surface area contributed by atoms with E-state index in [1.807, 2.05) is 6.07 Å². The second kappa shape index (κ2) is 8.60. The number of carbonyl (C=O) groups excluding carboxylic acids is 3. The van der Waals surface area contributed by atoms with E-state index < -0.39 is 23.4 Å². The largest absolute Gasteiger partial charge is 0.443 e. The predicted octanol–water partition coefficient (Wildman–Crippen LogP) is 5.46. The average molecular weight is 477 g/mol. The summed E-state index contributed by atoms with van der Waals surface area (Å²) in [5.41, 5.74) is -0.0669. The number of imide groups is 1. The van der Waals surface area contributed by atoms with Crippen molar-refractivity contribution in [3.05, 3.63) is 39.4 Å². The van der Waals surface area contributed by atoms with Crippen LogP contribution in [-0.2, 0) is 9.47 Å². The van der Waals surface area contributed by atoms with Crippen LogP contribution in [0.5, 0.6) is 0 Å². The number of ether oxygens (including phenoxy) is 2. The van der Waals surface area contributed by atoms with Crippen LogP contribution in [0.3, 0.4) is 0 Å². The number of halogens is 1. The number of carbonyl (C=O) groups is 3. The lowest BCUT2D eigenvalue weighted by atomic mass is 9.86. The van der Waals surface area contributed by atoms with Crippen LogP contribution in [0.25, 0.3) is 5.57 Å². The first-order valence-corrected chi connectivity index (χ1v) is 10.2. The van der Waals surface area contributed by atoms with Gasteiger partial charge in [0, 0.05) is 16.5 Å². The molecule has 2 amide bonds. The van der Waals surface area contributed by atoms with Crippen molar-refractivity contribution in [1.29, 1.82) is 5.26 Å². The van der Waals surface area contributed by atoms with E-state index in [4.69, 9.17) is 9.47 Å². The molecular weight excluding hydrogens is 452 g/mol. The van der Waals surface area contributed by atoms with Gasteiger partial charge in [-0.1, -0.05) is 22.0 Å². The summed E-state index contributed by atoms with van der Waals surface area (Å²) in [5.74, 6) is -0.195. The smallest absolute Gasteiger partial charge is 0.420 e. The van der Waals surface area contributed by atoms with Gasteiger partial charge in [0.15, 0.2) is 5.78 Å². The lowest BCUT2D eigenvalue weighted by Gasteiger charge is -2.30. The number of rotatable bonds is 2. The number of nitriles is 1. The van der Waals surface area contributed by atoms with Crippen LogP contribution < -0.4 is 0 Å². The molecule has 7 nitrogen and oxygen atoms in total. The van der Waals surface area contributed by atoms with Gasteiger partial charge in [0.1, 0.15) is 11.2 Å². The average Bonchev–Trinajstić information content (AvgIpc) is 2.57. The highest BCUT2D eigenvalue weighted by atomic mass is 79.9. The Kier molecular flexibility index (Phi) is 6.77. The minimum absolute atomic E-state index is 0.0646. The van der Waals surface area contributed by atoms with E-state index in [0.29, 0.717) is 15.6 Å². The fourth-order valence-corrected chi connectivity index (χ4v) is 3.29. The molecule has 0 saturated heterocycles. The molecule has 2 rings (SSSR count). The fourth-order valence-electron chi connectivity index (χ4n) is 2.83. The number of ketones is 1. The second-order valence-corrected chi connectivity index (χ2v) is 9.81. The Morgan fingerprint density at radius 2 is 1.63 bits per heavy atom. The molecule has 0 fully saturated rings. The number of allylic oxidation sites excluding steroid dienone is 1. The fraction of sp³-hybridized carbons (Fsp3) is 0.455. The summed E-state index contributed by atoms with van der Waals surface area (Å²) in [6.45, 7) is 10.0. The van der Waals surface area contributed by atoms with Crippen molar-refractivity contribution in [1.82, 2.24) is 4.90 Å². The molecular formula is C22H25BrN2O5. The van der Waals surface area contributed by atoms with Crippen molar-refractivity contribution < 1.29 is 23.9 Å². The number of hydrogen-bond donors (Lipinski definition) is 0. The third kappa shape index (κ3) is 5.92. The van der Waals surface area contributed by atoms with Crippen molar-refractivity contribution >= 4 is 39.5 Å². The monoisotopic (exact) mass is 476 g/mol. The van der Waals surface area contributed by atoms with Crippen LogP contribution >= 0.6 is 15.9 Å². The molecule has 0 saturated carbocycles. The third-order valence-electron chi connectivity index (χ3n) is 3.94. The van der Waals surface area contributed by atoms with Crippen LogP contribution in [0.1, 0.15) is 69.4 Å². The number of amides is 2. The molecule has 1 aliphatic carbocycles. The summed E-state index contributed by atoms with van der Waals surface area (Å²) in [6, 6.07) is 5.30. The van der Waals surface area contributed by atoms with E-state index in [-0.39, 0.29) is 29.9 Å². The van der Waals surface area contributed by atoms with E-state index in [0.717, 1.165) is 4.90 Å². The van der Waals surface area contributed by atoms with Gasteiger partial charge >= 0.3 is 12.2 Å². The van der Waals surface area contributed by atoms with Crippen LogP contribution in [0.15, 0.2) is 22.7 Å². The summed E-state index contributed by atoms with van der Waals surface area (Å²) < 4.78 is 11.4. The lowest BCUT2D eigenvalue weighted by molar-refractivity contribution is 0.00411. The molecule has 0 aromatic heterocycles. The molecule has 0 N–H and O–H groups in total. The van der Waals surface area contributed by atoms with Gasteiger partial charge in [0.2, 0.25) is 0 Å². The molecule has 0 unspecified atom stereocenters. The number of hydrogen-bond acceptors (Lipinski definition) is 6. The Balaban J connectivity index is 2.47. The van der Waals surface area contributed by atoms with Crippen molar-refractivity contribution in [3.8, 4) is 6.07 Å². The van der Waals surface area contributed by atoms with Crippen molar-refractivity contribution in [2.24, 2.45) is 0 Å². The van der Waals surface area contributed by atoms with Crippen molar-refractivity contribution in [2.75, 3.05) is 6.54 Å². The zero-order valence-corrected chi connectivity index (χ0v) is 19.5. The zero-order chi connectivity index (χ0) is 22.9. The molecule has 0 aliphatic heterocycles. The Bertz CT molecular complexity index is 933. The van der Waals surface area contributed by atoms with E-state index in [1.54, 1.807) is 59.8 Å². The molecule has 8 heteroatoms. The van der Waals surface area contributed by atoms with Crippen LogP contribution in [0, 0.1) is 11.3 Å². The van der Waals surface area contributed by atoms with Gasteiger partial charge in [0.25, 0.3) is 0 Å². The normalized spacial score (nSPS) is 13.7. The topological polar surface area (TPSA) is 96.7 Å². The Hall–Kier alpha value is -2.66. The maximum Gasteiger partial charge on any atom is 0.420 e. The molecule has 0 bridgehead atoms. The highest BCUT2D eigenvalue weighted by Gasteiger charge is 2.33. The molecule has 1 aliphatic rings. The summed E-state index contributed by atoms with van der Waals surface area (Å²) in [7, 11) is 0. The van der Waals surface area contributed by atoms with E-state index >= 15 is 0 Å². The minimum Gasteiger partial charge on any atom is -0.443 e. The number of benzene rings is 1. The lowest BCUT2D eigenvalue weighted by Crippen LogP contribution is -2.44. The van der Waals surface area contributed by atoms with Gasteiger partial charge in [-0.3, -0.25) is 4.79 Å². The molecule has 0 spiro atoms. The summed E-state index contributed by atoms with van der Waals surface area (Å²) in [4.78, 5) is 38.9. The van der Waals surface area contributed by atoms with Gasteiger partial charge in [-0.2, -0.15) is 5.26 Å². The summed E-state index contributed by atoms with van der Waals surface area (Å²) >= 11 is 3.35. The number of Topliss-reactive ketones (excluding diaryl/α,β-unsaturated/α-hetero) is 1. The van der Waals surface area contributed by atoms with Gasteiger partial charge in [0.05, 0.1) is 18.2 Å². The standard InChI is InChI=1S/C22H25BrN2O5/c1-21(2,3)29-19(27)25(20(28)30-22(4,5)6)12-13-7-8-17(26)18-14(11-24)9-15(23)10-16(13)18/h7,9-10H,8,12H2,1-6H3. The summed E-state index contributed by atoms with van der Waals surface area (Å²) in [5, 5.41) is 9.43. The van der Waals surface area contributed by atoms with E-state index in [2.05, 4.69) is 15.9 Å². The third-order valence-corrected chi connectivity index (χ3v) is 4.40. The number of fused-ring (bicyclic) bond motifs is 1. The summed E-state index contributed by atoms with van der Waals surface area (Å²) in [6.07, 6.45) is 0.00739. The second-order valence-electron chi connectivity index (χ2n) is 8.89. The maximum absolute atomic E-state index is 12.8. The zero-order valence-electron chi connectivity index (χ0n) is 18.0. The molecule has 0 radical (unpaired) electrons. The maximum atomic E-state index is 12.8.